The first-order chi connectivity index (χ1) is 10.1. The van der Waals surface area contributed by atoms with Crippen LogP contribution in [0, 0.1) is 0 Å². The number of carbonyl (C=O) groups excluding carboxylic acids is 1. The van der Waals surface area contributed by atoms with E-state index in [9.17, 15) is 4.79 Å². The van der Waals surface area contributed by atoms with Crippen molar-refractivity contribution in [2.24, 2.45) is 5.73 Å². The first kappa shape index (κ1) is 15.9. The van der Waals surface area contributed by atoms with Gasteiger partial charge in [-0.05, 0) is 37.1 Å². The second-order valence-electron chi connectivity index (χ2n) is 4.92. The number of nitrogens with two attached hydrogens (primary N) is 1. The van der Waals surface area contributed by atoms with Crippen LogP contribution in [0.15, 0.2) is 24.3 Å². The Morgan fingerprint density at radius 2 is 2.00 bits per heavy atom. The summed E-state index contributed by atoms with van der Waals surface area (Å²) in [5.74, 6) is -0.0647. The zero-order chi connectivity index (χ0) is 15.1. The minimum atomic E-state index is -0.0647. The van der Waals surface area contributed by atoms with E-state index in [1.54, 1.807) is 24.3 Å². The molecule has 21 heavy (non-hydrogen) atoms. The molecule has 3 N–H and O–H groups in total. The van der Waals surface area contributed by atoms with E-state index in [2.05, 4.69) is 5.32 Å². The van der Waals surface area contributed by atoms with Crippen LogP contribution in [0.1, 0.15) is 24.8 Å². The molecule has 0 radical (unpaired) electrons. The summed E-state index contributed by atoms with van der Waals surface area (Å²) in [7, 11) is 0. The van der Waals surface area contributed by atoms with Crippen molar-refractivity contribution >= 4 is 28.8 Å². The normalized spacial score (nSPS) is 15.6. The maximum absolute atomic E-state index is 11.8. The molecule has 1 aromatic rings. The average molecular weight is 308 g/mol. The molecule has 0 aromatic heterocycles. The molecule has 0 aliphatic carbocycles. The molecule has 1 aliphatic heterocycles. The number of anilines is 1. The minimum absolute atomic E-state index is 0.0647. The molecule has 6 heteroatoms. The fourth-order valence-corrected chi connectivity index (χ4v) is 2.24. The first-order valence-corrected chi connectivity index (χ1v) is 7.45. The summed E-state index contributed by atoms with van der Waals surface area (Å²) >= 11 is 4.88. The van der Waals surface area contributed by atoms with Crippen molar-refractivity contribution in [1.82, 2.24) is 0 Å². The number of hydrogen-bond acceptors (Lipinski definition) is 4. The fraction of sp³-hybridized carbons (Fsp3) is 0.467. The van der Waals surface area contributed by atoms with Crippen LogP contribution in [0.2, 0.25) is 0 Å². The predicted molar refractivity (Wildman–Crippen MR) is 85.4 cm³/mol. The van der Waals surface area contributed by atoms with E-state index in [-0.39, 0.29) is 12.0 Å². The van der Waals surface area contributed by atoms with Gasteiger partial charge in [-0.15, -0.1) is 0 Å². The predicted octanol–water partition coefficient (Wildman–Crippen LogP) is 1.85. The molecule has 0 spiro atoms. The summed E-state index contributed by atoms with van der Waals surface area (Å²) in [6.07, 6.45) is 2.37. The zero-order valence-electron chi connectivity index (χ0n) is 11.8. The van der Waals surface area contributed by atoms with Gasteiger partial charge in [-0.25, -0.2) is 0 Å². The summed E-state index contributed by atoms with van der Waals surface area (Å²) in [4.78, 5) is 12.2. The Bertz CT molecular complexity index is 484. The summed E-state index contributed by atoms with van der Waals surface area (Å²) in [6, 6.07) is 7.14. The third-order valence-corrected chi connectivity index (χ3v) is 3.54. The van der Waals surface area contributed by atoms with E-state index in [1.807, 2.05) is 0 Å². The molecule has 5 nitrogen and oxygen atoms in total. The molecule has 1 saturated heterocycles. The van der Waals surface area contributed by atoms with E-state index < -0.39 is 0 Å². The Morgan fingerprint density at radius 1 is 1.33 bits per heavy atom. The molecular weight excluding hydrogens is 288 g/mol. The van der Waals surface area contributed by atoms with Gasteiger partial charge in [0.1, 0.15) is 4.99 Å². The summed E-state index contributed by atoms with van der Waals surface area (Å²) < 4.78 is 10.9. The van der Waals surface area contributed by atoms with Gasteiger partial charge in [0.25, 0.3) is 0 Å². The number of ether oxygens (including phenoxy) is 2. The second-order valence-corrected chi connectivity index (χ2v) is 5.36. The van der Waals surface area contributed by atoms with Gasteiger partial charge < -0.3 is 20.5 Å². The van der Waals surface area contributed by atoms with Crippen LogP contribution in [0.4, 0.5) is 5.69 Å². The Hall–Kier alpha value is -1.50. The standard InChI is InChI=1S/C15H20N2O3S/c16-15(21)11-1-3-12(4-2-11)17-14(18)7-10-20-13-5-8-19-9-6-13/h1-4,13H,5-10H2,(H2,16,21)(H,17,18). The molecule has 0 saturated carbocycles. The Labute approximate surface area is 129 Å². The molecule has 114 valence electrons. The number of hydrogen-bond donors (Lipinski definition) is 2. The lowest BCUT2D eigenvalue weighted by Crippen LogP contribution is -2.25. The molecule has 0 bridgehead atoms. The number of carbonyl (C=O) groups is 1. The van der Waals surface area contributed by atoms with Crippen molar-refractivity contribution in [1.29, 1.82) is 0 Å². The zero-order valence-corrected chi connectivity index (χ0v) is 12.7. The average Bonchev–Trinajstić information content (AvgIpc) is 2.49. The van der Waals surface area contributed by atoms with Gasteiger partial charge in [-0.1, -0.05) is 12.2 Å². The SMILES string of the molecule is NC(=S)c1ccc(NC(=O)CCOC2CCOCC2)cc1. The van der Waals surface area contributed by atoms with E-state index in [0.29, 0.717) is 18.0 Å². The molecule has 1 heterocycles. The summed E-state index contributed by atoms with van der Waals surface area (Å²) in [5.41, 5.74) is 7.03. The lowest BCUT2D eigenvalue weighted by atomic mass is 10.1. The fourth-order valence-electron chi connectivity index (χ4n) is 2.10. The highest BCUT2D eigenvalue weighted by molar-refractivity contribution is 7.80. The third kappa shape index (κ3) is 5.41. The second kappa shape index (κ2) is 8.07. The van der Waals surface area contributed by atoms with Crippen molar-refractivity contribution in [3.63, 3.8) is 0 Å². The minimum Gasteiger partial charge on any atom is -0.389 e. The monoisotopic (exact) mass is 308 g/mol. The van der Waals surface area contributed by atoms with Crippen LogP contribution in [0.5, 0.6) is 0 Å². The number of rotatable bonds is 6. The Kier molecular flexibility index (Phi) is 6.10. The van der Waals surface area contributed by atoms with Crippen LogP contribution >= 0.6 is 12.2 Å². The van der Waals surface area contributed by atoms with Crippen molar-refractivity contribution in [2.45, 2.75) is 25.4 Å². The largest absolute Gasteiger partial charge is 0.389 e. The highest BCUT2D eigenvalue weighted by Gasteiger charge is 2.14. The van der Waals surface area contributed by atoms with Crippen LogP contribution in [-0.2, 0) is 14.3 Å². The van der Waals surface area contributed by atoms with E-state index in [1.165, 1.54) is 0 Å². The lowest BCUT2D eigenvalue weighted by Gasteiger charge is -2.22. The van der Waals surface area contributed by atoms with Crippen molar-refractivity contribution < 1.29 is 14.3 Å². The molecule has 1 aliphatic rings. The van der Waals surface area contributed by atoms with E-state index in [0.717, 1.165) is 37.3 Å². The maximum Gasteiger partial charge on any atom is 0.226 e. The molecule has 1 aromatic carbocycles. The van der Waals surface area contributed by atoms with Crippen LogP contribution in [0.3, 0.4) is 0 Å². The van der Waals surface area contributed by atoms with Crippen molar-refractivity contribution in [3.05, 3.63) is 29.8 Å². The van der Waals surface area contributed by atoms with Gasteiger partial charge >= 0.3 is 0 Å². The van der Waals surface area contributed by atoms with E-state index in [4.69, 9.17) is 27.4 Å². The van der Waals surface area contributed by atoms with Crippen LogP contribution in [0.25, 0.3) is 0 Å². The third-order valence-electron chi connectivity index (χ3n) is 3.30. The van der Waals surface area contributed by atoms with Gasteiger partial charge in [0.15, 0.2) is 0 Å². The Balaban J connectivity index is 1.70. The number of thiocarbonyl (C=S) groups is 1. The highest BCUT2D eigenvalue weighted by atomic mass is 32.1. The highest BCUT2D eigenvalue weighted by Crippen LogP contribution is 2.12. The van der Waals surface area contributed by atoms with Gasteiger partial charge in [-0.3, -0.25) is 4.79 Å². The smallest absolute Gasteiger partial charge is 0.226 e. The van der Waals surface area contributed by atoms with E-state index >= 15 is 0 Å². The van der Waals surface area contributed by atoms with Crippen LogP contribution < -0.4 is 11.1 Å². The maximum atomic E-state index is 11.8. The number of benzene rings is 1. The van der Waals surface area contributed by atoms with Gasteiger partial charge in [0, 0.05) is 24.5 Å². The molecule has 1 fully saturated rings. The summed E-state index contributed by atoms with van der Waals surface area (Å²) in [5, 5.41) is 2.82. The lowest BCUT2D eigenvalue weighted by molar-refractivity contribution is -0.118. The van der Waals surface area contributed by atoms with Crippen molar-refractivity contribution in [3.8, 4) is 0 Å². The molecule has 0 atom stereocenters. The first-order valence-electron chi connectivity index (χ1n) is 7.04. The Morgan fingerprint density at radius 3 is 2.62 bits per heavy atom. The van der Waals surface area contributed by atoms with Crippen LogP contribution in [-0.4, -0.2) is 36.8 Å². The quantitative estimate of drug-likeness (QED) is 0.785. The molecule has 1 amide bonds. The van der Waals surface area contributed by atoms with Gasteiger partial charge in [-0.2, -0.15) is 0 Å². The number of amides is 1. The van der Waals surface area contributed by atoms with Crippen molar-refractivity contribution in [2.75, 3.05) is 25.1 Å². The topological polar surface area (TPSA) is 73.6 Å². The molecule has 2 rings (SSSR count). The van der Waals surface area contributed by atoms with Gasteiger partial charge in [0.2, 0.25) is 5.91 Å². The number of nitrogens with one attached hydrogen (secondary N) is 1. The van der Waals surface area contributed by atoms with Gasteiger partial charge in [0.05, 0.1) is 19.1 Å². The molecule has 0 unspecified atom stereocenters. The summed E-state index contributed by atoms with van der Waals surface area (Å²) in [6.45, 7) is 1.92. The molecular formula is C15H20N2O3S.